The molecule has 2 aliphatic rings. The third kappa shape index (κ3) is 10.8. The van der Waals surface area contributed by atoms with Gasteiger partial charge in [0.05, 0.1) is 18.8 Å². The van der Waals surface area contributed by atoms with Crippen LogP contribution in [0.15, 0.2) is 65.7 Å². The maximum absolute atomic E-state index is 13.5. The van der Waals surface area contributed by atoms with Gasteiger partial charge >= 0.3 is 6.09 Å². The minimum absolute atomic E-state index is 0.141. The van der Waals surface area contributed by atoms with E-state index in [4.69, 9.17) is 31.3 Å². The molecular weight excluding hydrogens is 719 g/mol. The van der Waals surface area contributed by atoms with Gasteiger partial charge in [-0.2, -0.15) is 15.0 Å². The quantitative estimate of drug-likeness (QED) is 0.150. The molecule has 1 aromatic heterocycles. The topological polar surface area (TPSA) is 136 Å². The summed E-state index contributed by atoms with van der Waals surface area (Å²) in [6.45, 7) is 21.1. The van der Waals surface area contributed by atoms with Crippen molar-refractivity contribution in [1.29, 1.82) is 0 Å². The van der Waals surface area contributed by atoms with Gasteiger partial charge in [0.15, 0.2) is 5.69 Å². The number of ether oxygens (including phenoxy) is 1. The molecule has 1 saturated heterocycles. The summed E-state index contributed by atoms with van der Waals surface area (Å²) in [5, 5.41) is 6.71. The number of fused-ring (bicyclic) bond motifs is 1. The highest BCUT2D eigenvalue weighted by Crippen LogP contribution is 2.30. The average molecular weight is 772 g/mol. The largest absolute Gasteiger partial charge is 0.444 e. The number of anilines is 4. The van der Waals surface area contributed by atoms with Crippen molar-refractivity contribution in [3.05, 3.63) is 99.9 Å². The van der Waals surface area contributed by atoms with E-state index in [-0.39, 0.29) is 17.9 Å². The molecule has 0 unspecified atom stereocenters. The highest BCUT2D eigenvalue weighted by Gasteiger charge is 2.27. The number of nitrogens with one attached hydrogen (secondary N) is 2. The first-order valence-corrected chi connectivity index (χ1v) is 19.3. The van der Waals surface area contributed by atoms with Crippen molar-refractivity contribution >= 4 is 52.6 Å². The number of amides is 2. The van der Waals surface area contributed by atoms with Crippen molar-refractivity contribution < 1.29 is 14.3 Å². The van der Waals surface area contributed by atoms with E-state index >= 15 is 0 Å². The Labute approximate surface area is 335 Å². The number of aryl methyl sites for hydroxylation is 2. The molecule has 0 spiro atoms. The van der Waals surface area contributed by atoms with Gasteiger partial charge in [0.2, 0.25) is 23.8 Å². The summed E-state index contributed by atoms with van der Waals surface area (Å²) in [6.07, 6.45) is 0.830. The third-order valence-electron chi connectivity index (χ3n) is 9.91. The zero-order chi connectivity index (χ0) is 40.9. The molecule has 57 heavy (non-hydrogen) atoms. The number of aromatic nitrogens is 3. The second-order valence-electron chi connectivity index (χ2n) is 16.0. The van der Waals surface area contributed by atoms with Crippen molar-refractivity contribution in [2.75, 3.05) is 69.4 Å². The van der Waals surface area contributed by atoms with Crippen LogP contribution < -0.4 is 15.5 Å². The molecule has 3 aromatic carbocycles. The van der Waals surface area contributed by atoms with E-state index in [1.54, 1.807) is 36.0 Å². The Morgan fingerprint density at radius 2 is 1.61 bits per heavy atom. The molecule has 0 radical (unpaired) electrons. The van der Waals surface area contributed by atoms with E-state index in [1.165, 1.54) is 16.7 Å². The summed E-state index contributed by atoms with van der Waals surface area (Å²) in [5.41, 5.74) is 8.48. The van der Waals surface area contributed by atoms with Crippen molar-refractivity contribution in [2.45, 2.75) is 65.6 Å². The molecule has 1 fully saturated rings. The number of carbonyl (C=O) groups is 2. The average Bonchev–Trinajstić information content (AvgIpc) is 3.54. The molecule has 14 heteroatoms. The Balaban J connectivity index is 1.22. The van der Waals surface area contributed by atoms with Crippen LogP contribution in [0.25, 0.3) is 4.85 Å². The second-order valence-corrected chi connectivity index (χ2v) is 16.0. The van der Waals surface area contributed by atoms with Crippen molar-refractivity contribution in [2.24, 2.45) is 4.99 Å². The number of likely N-dealkylation sites (N-methyl/N-ethyl adjacent to an activating group) is 1. The Morgan fingerprint density at radius 1 is 0.912 bits per heavy atom. The molecule has 2 aliphatic heterocycles. The Hall–Kier alpha value is -6.07. The number of aliphatic imine (C=N–C) groups is 1. The molecule has 14 nitrogen and oxygen atoms in total. The first-order chi connectivity index (χ1) is 27.1. The van der Waals surface area contributed by atoms with Gasteiger partial charge in [-0.05, 0) is 80.6 Å². The first-order valence-electron chi connectivity index (χ1n) is 19.3. The van der Waals surface area contributed by atoms with Crippen LogP contribution in [0.3, 0.4) is 0 Å². The van der Waals surface area contributed by atoms with E-state index in [1.807, 2.05) is 57.0 Å². The minimum Gasteiger partial charge on any atom is -0.444 e. The summed E-state index contributed by atoms with van der Waals surface area (Å²) in [7, 11) is 5.36. The van der Waals surface area contributed by atoms with Crippen LogP contribution in [-0.4, -0.2) is 113 Å². The van der Waals surface area contributed by atoms with Crippen LogP contribution in [0.2, 0.25) is 0 Å². The number of hydrogen-bond donors (Lipinski definition) is 2. The molecule has 1 atom stereocenters. The van der Waals surface area contributed by atoms with Crippen LogP contribution >= 0.6 is 0 Å². The highest BCUT2D eigenvalue weighted by molar-refractivity contribution is 5.97. The van der Waals surface area contributed by atoms with E-state index in [9.17, 15) is 9.59 Å². The van der Waals surface area contributed by atoms with E-state index in [0.717, 1.165) is 47.7 Å². The minimum atomic E-state index is -0.688. The predicted octanol–water partition coefficient (Wildman–Crippen LogP) is 6.71. The lowest BCUT2D eigenvalue weighted by Gasteiger charge is -2.35. The summed E-state index contributed by atoms with van der Waals surface area (Å²) in [4.78, 5) is 56.6. The molecule has 2 amide bonds. The molecule has 4 aromatic rings. The van der Waals surface area contributed by atoms with Crippen LogP contribution in [0.4, 0.5) is 39.7 Å². The Bertz CT molecular complexity index is 2160. The Morgan fingerprint density at radius 3 is 2.30 bits per heavy atom. The third-order valence-corrected chi connectivity index (χ3v) is 9.91. The van der Waals surface area contributed by atoms with Gasteiger partial charge in [0.25, 0.3) is 0 Å². The fraction of sp³-hybridized carbons (Fsp3) is 0.419. The predicted molar refractivity (Wildman–Crippen MR) is 225 cm³/mol. The molecule has 2 N–H and O–H groups in total. The van der Waals surface area contributed by atoms with E-state index < -0.39 is 11.6 Å². The SMILES string of the molecule is [C-]#[N+]c1ccc(C[C@H](Nc2nc(Nc3cccc(CN4CCN(C(=O)OC(C)(C)C)CC4)c3)nc(N(C)CC3=Nc4cc(C)c(C)cc4C3)n2)C(=O)N(C)C)cc1. The van der Waals surface area contributed by atoms with Crippen LogP contribution in [0.5, 0.6) is 0 Å². The first kappa shape index (κ1) is 40.6. The molecule has 0 aliphatic carbocycles. The van der Waals surface area contributed by atoms with Gasteiger partial charge in [-0.25, -0.2) is 9.64 Å². The number of nitrogens with zero attached hydrogens (tertiary/aromatic N) is 9. The molecule has 3 heterocycles. The van der Waals surface area contributed by atoms with Gasteiger partial charge < -0.3 is 30.1 Å². The number of rotatable bonds is 12. The smallest absolute Gasteiger partial charge is 0.410 e. The van der Waals surface area contributed by atoms with Crippen molar-refractivity contribution in [3.63, 3.8) is 0 Å². The lowest BCUT2D eigenvalue weighted by molar-refractivity contribution is -0.129. The number of piperazine rings is 1. The zero-order valence-electron chi connectivity index (χ0n) is 34.3. The van der Waals surface area contributed by atoms with E-state index in [2.05, 4.69) is 58.5 Å². The van der Waals surface area contributed by atoms with E-state index in [0.29, 0.717) is 50.2 Å². The van der Waals surface area contributed by atoms with Gasteiger partial charge in [-0.1, -0.05) is 42.5 Å². The number of benzene rings is 3. The van der Waals surface area contributed by atoms with Crippen molar-refractivity contribution in [1.82, 2.24) is 29.7 Å². The lowest BCUT2D eigenvalue weighted by Crippen LogP contribution is -2.49. The molecule has 0 bridgehead atoms. The summed E-state index contributed by atoms with van der Waals surface area (Å²) >= 11 is 0. The van der Waals surface area contributed by atoms with Gasteiger partial charge in [-0.15, -0.1) is 0 Å². The van der Waals surface area contributed by atoms with Crippen LogP contribution in [-0.2, 0) is 28.9 Å². The maximum Gasteiger partial charge on any atom is 0.410 e. The number of hydrogen-bond acceptors (Lipinski definition) is 11. The summed E-state index contributed by atoms with van der Waals surface area (Å²) < 4.78 is 5.57. The normalized spacial score (nSPS) is 14.6. The van der Waals surface area contributed by atoms with Gasteiger partial charge in [0.1, 0.15) is 11.6 Å². The zero-order valence-corrected chi connectivity index (χ0v) is 34.3. The van der Waals surface area contributed by atoms with Crippen LogP contribution in [0, 0.1) is 20.4 Å². The monoisotopic (exact) mass is 771 g/mol. The van der Waals surface area contributed by atoms with Crippen molar-refractivity contribution in [3.8, 4) is 0 Å². The highest BCUT2D eigenvalue weighted by atomic mass is 16.6. The van der Waals surface area contributed by atoms with Gasteiger partial charge in [-0.3, -0.25) is 14.7 Å². The molecule has 6 rings (SSSR count). The Kier molecular flexibility index (Phi) is 12.4. The summed E-state index contributed by atoms with van der Waals surface area (Å²) in [6, 6.07) is 19.0. The van der Waals surface area contributed by atoms with Gasteiger partial charge in [0, 0.05) is 78.1 Å². The molecular formula is C43H53N11O3. The fourth-order valence-electron chi connectivity index (χ4n) is 6.79. The molecule has 298 valence electrons. The fourth-order valence-corrected chi connectivity index (χ4v) is 6.79. The molecule has 0 saturated carbocycles. The van der Waals surface area contributed by atoms with Crippen LogP contribution in [0.1, 0.15) is 48.6 Å². The maximum atomic E-state index is 13.5. The number of carbonyl (C=O) groups excluding carboxylic acids is 2. The second kappa shape index (κ2) is 17.4. The lowest BCUT2D eigenvalue weighted by atomic mass is 10.0. The standard InChI is InChI=1S/C43H53N11O3/c1-28-21-32-25-35(45-36(32)22-29(28)2)27-52(9)41-49-39(48-40(50-41)47-37(38(55)51(7)8)24-30-13-15-33(44-6)16-14-30)46-34-12-10-11-31(23-34)26-53-17-19-54(20-18-53)42(56)57-43(3,4)5/h10-16,21-23,37H,17-20,24-27H2,1-5,7-9H3,(H2,46,47,48,49,50)/t37-/m0/s1. The summed E-state index contributed by atoms with van der Waals surface area (Å²) in [5.74, 6) is 0.835.